The maximum atomic E-state index is 12.8. The van der Waals surface area contributed by atoms with Crippen LogP contribution in [0.3, 0.4) is 0 Å². The molecule has 6 nitrogen and oxygen atoms in total. The van der Waals surface area contributed by atoms with Crippen molar-refractivity contribution in [3.8, 4) is 0 Å². The number of rotatable bonds is 5. The predicted molar refractivity (Wildman–Crippen MR) is 109 cm³/mol. The average Bonchev–Trinajstić information content (AvgIpc) is 3.01. The van der Waals surface area contributed by atoms with E-state index in [0.29, 0.717) is 11.0 Å². The van der Waals surface area contributed by atoms with Gasteiger partial charge in [-0.15, -0.1) is 10.2 Å². The van der Waals surface area contributed by atoms with Crippen molar-refractivity contribution >= 4 is 33.3 Å². The van der Waals surface area contributed by atoms with Crippen molar-refractivity contribution in [1.29, 1.82) is 0 Å². The minimum atomic E-state index is -0.667. The van der Waals surface area contributed by atoms with E-state index in [-0.39, 0.29) is 11.5 Å². The van der Waals surface area contributed by atoms with Gasteiger partial charge < -0.3 is 0 Å². The highest BCUT2D eigenvalue weighted by molar-refractivity contribution is 7.15. The van der Waals surface area contributed by atoms with Gasteiger partial charge in [0.25, 0.3) is 5.56 Å². The van der Waals surface area contributed by atoms with E-state index in [4.69, 9.17) is 0 Å². The highest BCUT2D eigenvalue weighted by atomic mass is 32.1. The van der Waals surface area contributed by atoms with Gasteiger partial charge >= 0.3 is 0 Å². The lowest BCUT2D eigenvalue weighted by Crippen LogP contribution is -2.32. The summed E-state index contributed by atoms with van der Waals surface area (Å²) in [4.78, 5) is 25.5. The zero-order valence-electron chi connectivity index (χ0n) is 16.2. The van der Waals surface area contributed by atoms with Crippen LogP contribution in [0.4, 0.5) is 5.13 Å². The predicted octanol–water partition coefficient (Wildman–Crippen LogP) is 3.87. The number of nitrogens with zero attached hydrogens (tertiary/aromatic N) is 3. The first kappa shape index (κ1) is 19.2. The van der Waals surface area contributed by atoms with E-state index in [1.54, 1.807) is 17.6 Å². The molecule has 1 amide bonds. The van der Waals surface area contributed by atoms with E-state index in [1.165, 1.54) is 11.3 Å². The Hall–Kier alpha value is -2.54. The molecule has 0 radical (unpaired) electrons. The Morgan fingerprint density at radius 1 is 1.19 bits per heavy atom. The van der Waals surface area contributed by atoms with E-state index in [2.05, 4.69) is 29.4 Å². The van der Waals surface area contributed by atoms with E-state index in [0.717, 1.165) is 33.5 Å². The summed E-state index contributed by atoms with van der Waals surface area (Å²) < 4.78 is 1.56. The summed E-state index contributed by atoms with van der Waals surface area (Å²) in [6.45, 7) is 9.81. The number of hydrogen-bond acceptors (Lipinski definition) is 5. The highest BCUT2D eigenvalue weighted by Gasteiger charge is 2.21. The molecule has 7 heteroatoms. The summed E-state index contributed by atoms with van der Waals surface area (Å²) in [5.74, 6) is 0.193. The van der Waals surface area contributed by atoms with Crippen molar-refractivity contribution in [1.82, 2.24) is 14.8 Å². The number of aromatic nitrogens is 3. The number of amides is 1. The number of nitrogens with one attached hydrogen (secondary N) is 1. The summed E-state index contributed by atoms with van der Waals surface area (Å²) >= 11 is 1.37. The molecule has 0 spiro atoms. The van der Waals surface area contributed by atoms with Gasteiger partial charge in [-0.3, -0.25) is 19.5 Å². The molecule has 27 heavy (non-hydrogen) atoms. The number of aryl methyl sites for hydroxylation is 2. The van der Waals surface area contributed by atoms with E-state index >= 15 is 0 Å². The van der Waals surface area contributed by atoms with Gasteiger partial charge in [0, 0.05) is 17.9 Å². The number of hydrogen-bond donors (Lipinski definition) is 1. The van der Waals surface area contributed by atoms with Gasteiger partial charge in [-0.25, -0.2) is 0 Å². The van der Waals surface area contributed by atoms with E-state index in [9.17, 15) is 9.59 Å². The first-order valence-electron chi connectivity index (χ1n) is 9.02. The molecule has 1 atom stereocenters. The minimum Gasteiger partial charge on any atom is -0.299 e. The summed E-state index contributed by atoms with van der Waals surface area (Å²) in [7, 11) is 0. The van der Waals surface area contributed by atoms with Crippen molar-refractivity contribution < 1.29 is 4.79 Å². The summed E-state index contributed by atoms with van der Waals surface area (Å²) in [6.07, 6.45) is 0.824. The first-order chi connectivity index (χ1) is 12.8. The van der Waals surface area contributed by atoms with E-state index < -0.39 is 6.04 Å². The molecule has 0 saturated heterocycles. The van der Waals surface area contributed by atoms with Gasteiger partial charge in [-0.2, -0.15) is 0 Å². The molecule has 3 aromatic rings. The Labute approximate surface area is 162 Å². The largest absolute Gasteiger partial charge is 0.299 e. The molecule has 1 aromatic carbocycles. The molecule has 3 rings (SSSR count). The Morgan fingerprint density at radius 2 is 1.93 bits per heavy atom. The lowest BCUT2D eigenvalue weighted by Gasteiger charge is -2.19. The Morgan fingerprint density at radius 3 is 2.63 bits per heavy atom. The van der Waals surface area contributed by atoms with Crippen LogP contribution in [0, 0.1) is 19.8 Å². The fourth-order valence-electron chi connectivity index (χ4n) is 3.19. The minimum absolute atomic E-state index is 0.185. The van der Waals surface area contributed by atoms with Gasteiger partial charge in [0.2, 0.25) is 11.0 Å². The Kier molecular flexibility index (Phi) is 5.41. The number of benzene rings is 1. The van der Waals surface area contributed by atoms with Crippen molar-refractivity contribution in [3.05, 3.63) is 50.8 Å². The van der Waals surface area contributed by atoms with Crippen LogP contribution in [0.2, 0.25) is 0 Å². The molecule has 0 saturated carbocycles. The molecule has 0 bridgehead atoms. The number of para-hydroxylation sites is 1. The van der Waals surface area contributed by atoms with Gasteiger partial charge in [0.15, 0.2) is 0 Å². The van der Waals surface area contributed by atoms with E-state index in [1.807, 2.05) is 32.0 Å². The number of carbonyl (C=O) groups is 1. The summed E-state index contributed by atoms with van der Waals surface area (Å²) in [5, 5.41) is 13.3. The molecule has 0 aliphatic carbocycles. The van der Waals surface area contributed by atoms with Crippen LogP contribution >= 0.6 is 11.3 Å². The van der Waals surface area contributed by atoms with Crippen molar-refractivity contribution in [3.63, 3.8) is 0 Å². The van der Waals surface area contributed by atoms with Crippen LogP contribution in [0.1, 0.15) is 42.9 Å². The second-order valence-corrected chi connectivity index (χ2v) is 8.33. The monoisotopic (exact) mass is 384 g/mol. The molecule has 2 aromatic heterocycles. The zero-order chi connectivity index (χ0) is 19.7. The third-order valence-corrected chi connectivity index (χ3v) is 5.39. The fraction of sp³-hybridized carbons (Fsp3) is 0.400. The van der Waals surface area contributed by atoms with Crippen LogP contribution in [-0.4, -0.2) is 20.7 Å². The highest BCUT2D eigenvalue weighted by Crippen LogP contribution is 2.24. The van der Waals surface area contributed by atoms with Crippen LogP contribution < -0.4 is 10.9 Å². The van der Waals surface area contributed by atoms with Gasteiger partial charge in [-0.05, 0) is 37.8 Å². The quantitative estimate of drug-likeness (QED) is 0.724. The number of carbonyl (C=O) groups excluding carboxylic acids is 1. The Bertz CT molecular complexity index is 1050. The lowest BCUT2D eigenvalue weighted by atomic mass is 10.1. The third-order valence-electron chi connectivity index (χ3n) is 4.53. The number of anilines is 1. The number of pyridine rings is 1. The summed E-state index contributed by atoms with van der Waals surface area (Å²) in [5.41, 5.74) is 2.48. The zero-order valence-corrected chi connectivity index (χ0v) is 17.1. The maximum Gasteiger partial charge on any atom is 0.252 e. The topological polar surface area (TPSA) is 76.9 Å². The second kappa shape index (κ2) is 7.60. The van der Waals surface area contributed by atoms with Crippen LogP contribution in [0.15, 0.2) is 29.1 Å². The van der Waals surface area contributed by atoms with Crippen LogP contribution in [-0.2, 0) is 11.2 Å². The standard InChI is InChI=1S/C20H24N4O2S/c1-11(2)9-16-22-23-20(27-16)21-19(26)14(5)24-17(25)10-13(4)15-8-6-7-12(3)18(15)24/h6-8,10-11,14H,9H2,1-5H3,(H,21,23,26). The molecule has 0 fully saturated rings. The van der Waals surface area contributed by atoms with Gasteiger partial charge in [-0.1, -0.05) is 43.4 Å². The molecule has 0 aliphatic rings. The second-order valence-electron chi connectivity index (χ2n) is 7.27. The van der Waals surface area contributed by atoms with Gasteiger partial charge in [0.05, 0.1) is 5.52 Å². The van der Waals surface area contributed by atoms with Crippen LogP contribution in [0.25, 0.3) is 10.9 Å². The summed E-state index contributed by atoms with van der Waals surface area (Å²) in [6, 6.07) is 6.80. The Balaban J connectivity index is 1.94. The molecule has 1 N–H and O–H groups in total. The number of fused-ring (bicyclic) bond motifs is 1. The SMILES string of the molecule is Cc1cc(=O)n(C(C)C(=O)Nc2nnc(CC(C)C)s2)c2c(C)cccc12. The normalized spacial score (nSPS) is 12.5. The average molecular weight is 385 g/mol. The fourth-order valence-corrected chi connectivity index (χ4v) is 4.14. The molecule has 0 aliphatic heterocycles. The molecular formula is C20H24N4O2S. The molecule has 142 valence electrons. The lowest BCUT2D eigenvalue weighted by molar-refractivity contribution is -0.118. The smallest absolute Gasteiger partial charge is 0.252 e. The third kappa shape index (κ3) is 3.93. The maximum absolute atomic E-state index is 12.8. The van der Waals surface area contributed by atoms with Crippen LogP contribution in [0.5, 0.6) is 0 Å². The van der Waals surface area contributed by atoms with Crippen molar-refractivity contribution in [2.75, 3.05) is 5.32 Å². The molecular weight excluding hydrogens is 360 g/mol. The molecule has 1 unspecified atom stereocenters. The van der Waals surface area contributed by atoms with Crippen molar-refractivity contribution in [2.45, 2.75) is 47.1 Å². The van der Waals surface area contributed by atoms with Crippen molar-refractivity contribution in [2.24, 2.45) is 5.92 Å². The van der Waals surface area contributed by atoms with Gasteiger partial charge in [0.1, 0.15) is 11.0 Å². The first-order valence-corrected chi connectivity index (χ1v) is 9.84. The molecule has 2 heterocycles.